The number of aliphatic hydroxyl groups excluding tert-OH is 1. The fourth-order valence-corrected chi connectivity index (χ4v) is 3.89. The third-order valence-electron chi connectivity index (χ3n) is 5.36. The van der Waals surface area contributed by atoms with Crippen LogP contribution in [0.15, 0.2) is 89.8 Å². The van der Waals surface area contributed by atoms with Gasteiger partial charge < -0.3 is 25.6 Å². The number of carbonyl (C=O) groups excluding carboxylic acids is 2. The first-order valence-corrected chi connectivity index (χ1v) is 12.9. The maximum atomic E-state index is 12.8. The van der Waals surface area contributed by atoms with Crippen LogP contribution in [0.1, 0.15) is 18.6 Å². The lowest BCUT2D eigenvalue weighted by Crippen LogP contribution is -2.21. The largest absolute Gasteiger partial charge is 0.491 e. The number of para-hydroxylation sites is 2. The molecule has 0 unspecified atom stereocenters. The standard InChI is InChI=1S/C28H31N3O5S/c1-19(10-15-26(33)31-25-9-4-3-8-24(25)29)27(20-6-5-7-22(18-20)35-17-16-32)36-28(34)30-21-11-13-23(37-2)14-12-21/h3-15,18-19,27,32H,16-17,29H2,1-2H3,(H,30,34)(H,31,33)/b15-10+/t19-,27+/m0/s1. The molecule has 2 atom stereocenters. The molecule has 0 aromatic heterocycles. The Kier molecular flexibility index (Phi) is 10.4. The Balaban J connectivity index is 1.77. The van der Waals surface area contributed by atoms with E-state index in [1.54, 1.807) is 72.4 Å². The van der Waals surface area contributed by atoms with Crippen molar-refractivity contribution in [1.82, 2.24) is 0 Å². The minimum absolute atomic E-state index is 0.123. The minimum Gasteiger partial charge on any atom is -0.491 e. The highest BCUT2D eigenvalue weighted by Crippen LogP contribution is 2.30. The van der Waals surface area contributed by atoms with Crippen molar-refractivity contribution in [2.45, 2.75) is 17.9 Å². The Bertz CT molecular complexity index is 1220. The molecule has 0 aliphatic carbocycles. The quantitative estimate of drug-likeness (QED) is 0.150. The molecule has 3 rings (SSSR count). The summed E-state index contributed by atoms with van der Waals surface area (Å²) in [7, 11) is 0. The number of rotatable bonds is 11. The van der Waals surface area contributed by atoms with Crippen LogP contribution in [0, 0.1) is 5.92 Å². The second-order valence-electron chi connectivity index (χ2n) is 8.12. The maximum Gasteiger partial charge on any atom is 0.412 e. The molecule has 3 aromatic rings. The van der Waals surface area contributed by atoms with Gasteiger partial charge in [-0.2, -0.15) is 0 Å². The second-order valence-corrected chi connectivity index (χ2v) is 9.00. The molecular formula is C28H31N3O5S. The smallest absolute Gasteiger partial charge is 0.412 e. The van der Waals surface area contributed by atoms with Crippen LogP contribution in [0.5, 0.6) is 5.75 Å². The van der Waals surface area contributed by atoms with Gasteiger partial charge in [-0.25, -0.2) is 4.79 Å². The predicted octanol–water partition coefficient (Wildman–Crippen LogP) is 5.48. The first-order chi connectivity index (χ1) is 17.9. The highest BCUT2D eigenvalue weighted by molar-refractivity contribution is 7.98. The van der Waals surface area contributed by atoms with Crippen LogP contribution >= 0.6 is 11.8 Å². The lowest BCUT2D eigenvalue weighted by Gasteiger charge is -2.23. The number of aliphatic hydroxyl groups is 1. The number of anilines is 3. The van der Waals surface area contributed by atoms with Crippen LogP contribution in [0.3, 0.4) is 0 Å². The number of ether oxygens (including phenoxy) is 2. The zero-order valence-electron chi connectivity index (χ0n) is 20.7. The van der Waals surface area contributed by atoms with E-state index in [9.17, 15) is 9.59 Å². The molecule has 0 aliphatic heterocycles. The van der Waals surface area contributed by atoms with E-state index in [0.717, 1.165) is 4.90 Å². The molecular weight excluding hydrogens is 490 g/mol. The average molecular weight is 522 g/mol. The van der Waals surface area contributed by atoms with E-state index in [-0.39, 0.29) is 25.0 Å². The topological polar surface area (TPSA) is 123 Å². The number of hydrogen-bond acceptors (Lipinski definition) is 7. The summed E-state index contributed by atoms with van der Waals surface area (Å²) in [5, 5.41) is 14.6. The molecule has 5 N–H and O–H groups in total. The van der Waals surface area contributed by atoms with Crippen molar-refractivity contribution < 1.29 is 24.2 Å². The molecule has 0 radical (unpaired) electrons. The molecule has 0 saturated heterocycles. The first-order valence-electron chi connectivity index (χ1n) is 11.7. The monoisotopic (exact) mass is 521 g/mol. The van der Waals surface area contributed by atoms with Crippen LogP contribution in [0.25, 0.3) is 0 Å². The second kappa shape index (κ2) is 14.0. The summed E-state index contributed by atoms with van der Waals surface area (Å²) in [5.74, 6) is -0.208. The summed E-state index contributed by atoms with van der Waals surface area (Å²) in [6, 6.07) is 21.5. The number of thioether (sulfide) groups is 1. The van der Waals surface area contributed by atoms with Crippen LogP contribution in [-0.2, 0) is 9.53 Å². The number of hydrogen-bond donors (Lipinski definition) is 4. The van der Waals surface area contributed by atoms with Gasteiger partial charge in [0.15, 0.2) is 0 Å². The summed E-state index contributed by atoms with van der Waals surface area (Å²) in [6.45, 7) is 1.86. The van der Waals surface area contributed by atoms with E-state index in [1.807, 2.05) is 31.4 Å². The molecule has 0 saturated carbocycles. The predicted molar refractivity (Wildman–Crippen MR) is 148 cm³/mol. The fourth-order valence-electron chi connectivity index (χ4n) is 3.49. The van der Waals surface area contributed by atoms with E-state index in [0.29, 0.717) is 28.4 Å². The summed E-state index contributed by atoms with van der Waals surface area (Å²) in [4.78, 5) is 26.4. The van der Waals surface area contributed by atoms with Crippen molar-refractivity contribution in [2.75, 3.05) is 35.8 Å². The van der Waals surface area contributed by atoms with E-state index in [1.165, 1.54) is 6.08 Å². The summed E-state index contributed by atoms with van der Waals surface area (Å²) < 4.78 is 11.3. The molecule has 0 spiro atoms. The van der Waals surface area contributed by atoms with Gasteiger partial charge in [-0.1, -0.05) is 37.3 Å². The van der Waals surface area contributed by atoms with E-state index < -0.39 is 12.2 Å². The molecule has 0 bridgehead atoms. The maximum absolute atomic E-state index is 12.8. The third kappa shape index (κ3) is 8.59. The van der Waals surface area contributed by atoms with Crippen molar-refractivity contribution in [1.29, 1.82) is 0 Å². The van der Waals surface area contributed by atoms with Gasteiger partial charge in [-0.05, 0) is 66.4 Å². The molecule has 0 fully saturated rings. The lowest BCUT2D eigenvalue weighted by atomic mass is 9.96. The Morgan fingerprint density at radius 1 is 1.05 bits per heavy atom. The van der Waals surface area contributed by atoms with Crippen LogP contribution in [0.4, 0.5) is 21.9 Å². The van der Waals surface area contributed by atoms with Gasteiger partial charge in [0.25, 0.3) is 0 Å². The molecule has 8 nitrogen and oxygen atoms in total. The zero-order chi connectivity index (χ0) is 26.6. The normalized spacial score (nSPS) is 12.5. The highest BCUT2D eigenvalue weighted by Gasteiger charge is 2.23. The molecule has 0 aliphatic rings. The molecule has 0 heterocycles. The van der Waals surface area contributed by atoms with Crippen molar-refractivity contribution in [3.63, 3.8) is 0 Å². The van der Waals surface area contributed by atoms with Crippen molar-refractivity contribution in [2.24, 2.45) is 5.92 Å². The van der Waals surface area contributed by atoms with Crippen LogP contribution < -0.4 is 21.1 Å². The Morgan fingerprint density at radius 2 is 1.81 bits per heavy atom. The van der Waals surface area contributed by atoms with Crippen molar-refractivity contribution in [3.8, 4) is 5.75 Å². The summed E-state index contributed by atoms with van der Waals surface area (Å²) in [5.41, 5.74) is 8.15. The Hall–Kier alpha value is -3.95. The molecule has 194 valence electrons. The van der Waals surface area contributed by atoms with Crippen LogP contribution in [-0.4, -0.2) is 36.6 Å². The number of carbonyl (C=O) groups is 2. The molecule has 9 heteroatoms. The van der Waals surface area contributed by atoms with E-state index >= 15 is 0 Å². The van der Waals surface area contributed by atoms with Gasteiger partial charge in [-0.15, -0.1) is 11.8 Å². The molecule has 2 amide bonds. The first kappa shape index (κ1) is 27.6. The SMILES string of the molecule is CSc1ccc(NC(=O)O[C@@H](c2cccc(OCCO)c2)[C@@H](C)/C=C/C(=O)Nc2ccccc2N)cc1. The number of nitrogens with two attached hydrogens (primary N) is 1. The van der Waals surface area contributed by atoms with Crippen LogP contribution in [0.2, 0.25) is 0 Å². The fraction of sp³-hybridized carbons (Fsp3) is 0.214. The third-order valence-corrected chi connectivity index (χ3v) is 6.11. The van der Waals surface area contributed by atoms with Crippen molar-refractivity contribution >= 4 is 40.8 Å². The van der Waals surface area contributed by atoms with Gasteiger partial charge in [-0.3, -0.25) is 10.1 Å². The van der Waals surface area contributed by atoms with Gasteiger partial charge in [0, 0.05) is 16.5 Å². The number of amides is 2. The Labute approximate surface area is 220 Å². The Morgan fingerprint density at radius 3 is 2.51 bits per heavy atom. The highest BCUT2D eigenvalue weighted by atomic mass is 32.2. The summed E-state index contributed by atoms with van der Waals surface area (Å²) in [6.07, 6.45) is 3.67. The van der Waals surface area contributed by atoms with Gasteiger partial charge in [0.2, 0.25) is 5.91 Å². The zero-order valence-corrected chi connectivity index (χ0v) is 21.5. The molecule has 3 aromatic carbocycles. The molecule has 37 heavy (non-hydrogen) atoms. The van der Waals surface area contributed by atoms with E-state index in [4.69, 9.17) is 20.3 Å². The van der Waals surface area contributed by atoms with Gasteiger partial charge in [0.1, 0.15) is 18.5 Å². The number of nitrogens with one attached hydrogen (secondary N) is 2. The number of nitrogen functional groups attached to an aromatic ring is 1. The van der Waals surface area contributed by atoms with Gasteiger partial charge >= 0.3 is 6.09 Å². The average Bonchev–Trinajstić information content (AvgIpc) is 2.91. The van der Waals surface area contributed by atoms with Gasteiger partial charge in [0.05, 0.1) is 18.0 Å². The summed E-state index contributed by atoms with van der Waals surface area (Å²) >= 11 is 1.61. The lowest BCUT2D eigenvalue weighted by molar-refractivity contribution is -0.111. The van der Waals surface area contributed by atoms with Crippen molar-refractivity contribution in [3.05, 3.63) is 90.5 Å². The van der Waals surface area contributed by atoms with E-state index in [2.05, 4.69) is 10.6 Å². The number of benzene rings is 3. The minimum atomic E-state index is -0.728.